The predicted octanol–water partition coefficient (Wildman–Crippen LogP) is 1.96. The number of anilines is 1. The van der Waals surface area contributed by atoms with E-state index in [-0.39, 0.29) is 6.03 Å². The standard InChI is InChI=1S/C14H18N2O3/c1-3-16(12-7-5-4-6-10(12)2)14(19)15-8-11(9-15)13(17)18/h4-7,11H,3,8-9H2,1-2H3,(H,17,18). The molecule has 0 unspecified atom stereocenters. The van der Waals surface area contributed by atoms with Crippen LogP contribution in [0.15, 0.2) is 24.3 Å². The molecule has 0 spiro atoms. The molecular formula is C14H18N2O3. The Morgan fingerprint density at radius 2 is 2.00 bits per heavy atom. The number of likely N-dealkylation sites (tertiary alicyclic amines) is 1. The molecule has 102 valence electrons. The van der Waals surface area contributed by atoms with Gasteiger partial charge >= 0.3 is 12.0 Å². The van der Waals surface area contributed by atoms with Crippen LogP contribution in [0.5, 0.6) is 0 Å². The fourth-order valence-corrected chi connectivity index (χ4v) is 2.24. The maximum Gasteiger partial charge on any atom is 0.324 e. The van der Waals surface area contributed by atoms with Crippen LogP contribution in [0.1, 0.15) is 12.5 Å². The first-order valence-corrected chi connectivity index (χ1v) is 6.39. The summed E-state index contributed by atoms with van der Waals surface area (Å²) >= 11 is 0. The summed E-state index contributed by atoms with van der Waals surface area (Å²) in [7, 11) is 0. The molecule has 2 amide bonds. The molecule has 1 heterocycles. The summed E-state index contributed by atoms with van der Waals surface area (Å²) in [6, 6.07) is 7.58. The van der Waals surface area contributed by atoms with Gasteiger partial charge in [-0.15, -0.1) is 0 Å². The number of carboxylic acids is 1. The van der Waals surface area contributed by atoms with Crippen molar-refractivity contribution in [2.75, 3.05) is 24.5 Å². The number of hydrogen-bond donors (Lipinski definition) is 1. The number of para-hydroxylation sites is 1. The van der Waals surface area contributed by atoms with Crippen molar-refractivity contribution < 1.29 is 14.7 Å². The Balaban J connectivity index is 2.09. The summed E-state index contributed by atoms with van der Waals surface area (Å²) in [6.07, 6.45) is 0. The number of carboxylic acid groups (broad SMARTS) is 1. The number of aliphatic carboxylic acids is 1. The van der Waals surface area contributed by atoms with E-state index in [4.69, 9.17) is 5.11 Å². The molecule has 0 bridgehead atoms. The molecule has 1 aliphatic heterocycles. The molecule has 0 aliphatic carbocycles. The third kappa shape index (κ3) is 2.54. The number of amides is 2. The van der Waals surface area contributed by atoms with E-state index in [1.807, 2.05) is 38.1 Å². The van der Waals surface area contributed by atoms with Gasteiger partial charge in [0, 0.05) is 25.3 Å². The van der Waals surface area contributed by atoms with Crippen LogP contribution in [0.2, 0.25) is 0 Å². The maximum absolute atomic E-state index is 12.3. The smallest absolute Gasteiger partial charge is 0.324 e. The zero-order valence-electron chi connectivity index (χ0n) is 11.2. The first-order chi connectivity index (χ1) is 9.04. The highest BCUT2D eigenvalue weighted by Crippen LogP contribution is 2.24. The van der Waals surface area contributed by atoms with Gasteiger partial charge < -0.3 is 10.0 Å². The predicted molar refractivity (Wildman–Crippen MR) is 72.3 cm³/mol. The van der Waals surface area contributed by atoms with Crippen LogP contribution in [0.3, 0.4) is 0 Å². The Kier molecular flexibility index (Phi) is 3.74. The average Bonchev–Trinajstić information content (AvgIpc) is 2.30. The van der Waals surface area contributed by atoms with Gasteiger partial charge in [-0.05, 0) is 25.5 Å². The van der Waals surface area contributed by atoms with E-state index in [1.165, 1.54) is 0 Å². The maximum atomic E-state index is 12.3. The van der Waals surface area contributed by atoms with Gasteiger partial charge in [-0.1, -0.05) is 18.2 Å². The number of carbonyl (C=O) groups is 2. The summed E-state index contributed by atoms with van der Waals surface area (Å²) in [5.74, 6) is -1.25. The molecule has 0 saturated carbocycles. The molecule has 1 fully saturated rings. The molecule has 0 radical (unpaired) electrons. The monoisotopic (exact) mass is 262 g/mol. The van der Waals surface area contributed by atoms with Gasteiger partial charge in [0.05, 0.1) is 5.92 Å². The molecule has 1 saturated heterocycles. The second kappa shape index (κ2) is 5.30. The highest BCUT2D eigenvalue weighted by atomic mass is 16.4. The zero-order chi connectivity index (χ0) is 14.0. The first-order valence-electron chi connectivity index (χ1n) is 6.39. The lowest BCUT2D eigenvalue weighted by Gasteiger charge is -2.40. The van der Waals surface area contributed by atoms with Crippen LogP contribution in [-0.2, 0) is 4.79 Å². The summed E-state index contributed by atoms with van der Waals surface area (Å²) < 4.78 is 0. The van der Waals surface area contributed by atoms with Gasteiger partial charge in [0.1, 0.15) is 0 Å². The first kappa shape index (κ1) is 13.4. The molecule has 1 N–H and O–H groups in total. The van der Waals surface area contributed by atoms with Crippen LogP contribution in [0.25, 0.3) is 0 Å². The third-order valence-electron chi connectivity index (χ3n) is 3.45. The molecule has 5 nitrogen and oxygen atoms in total. The summed E-state index contributed by atoms with van der Waals surface area (Å²) in [4.78, 5) is 26.4. The van der Waals surface area contributed by atoms with Crippen molar-refractivity contribution in [2.45, 2.75) is 13.8 Å². The molecule has 19 heavy (non-hydrogen) atoms. The van der Waals surface area contributed by atoms with Crippen molar-refractivity contribution in [1.82, 2.24) is 4.90 Å². The SMILES string of the molecule is CCN(C(=O)N1CC(C(=O)O)C1)c1ccccc1C. The van der Waals surface area contributed by atoms with Gasteiger partial charge in [-0.3, -0.25) is 9.69 Å². The third-order valence-corrected chi connectivity index (χ3v) is 3.45. The summed E-state index contributed by atoms with van der Waals surface area (Å²) in [5, 5.41) is 8.84. The lowest BCUT2D eigenvalue weighted by atomic mass is 10.0. The molecule has 0 aromatic heterocycles. The van der Waals surface area contributed by atoms with Crippen molar-refractivity contribution in [3.8, 4) is 0 Å². The van der Waals surface area contributed by atoms with Crippen molar-refractivity contribution in [2.24, 2.45) is 5.92 Å². The molecular weight excluding hydrogens is 244 g/mol. The molecule has 0 atom stereocenters. The number of nitrogens with zero attached hydrogens (tertiary/aromatic N) is 2. The molecule has 1 aromatic carbocycles. The normalized spacial score (nSPS) is 14.9. The minimum absolute atomic E-state index is 0.116. The second-order valence-corrected chi connectivity index (χ2v) is 4.75. The fraction of sp³-hybridized carbons (Fsp3) is 0.429. The lowest BCUT2D eigenvalue weighted by Crippen LogP contribution is -2.57. The molecule has 1 aliphatic rings. The van der Waals surface area contributed by atoms with E-state index >= 15 is 0 Å². The van der Waals surface area contributed by atoms with Crippen LogP contribution in [-0.4, -0.2) is 41.6 Å². The van der Waals surface area contributed by atoms with E-state index in [0.29, 0.717) is 19.6 Å². The van der Waals surface area contributed by atoms with Gasteiger partial charge in [0.15, 0.2) is 0 Å². The van der Waals surface area contributed by atoms with E-state index in [0.717, 1.165) is 11.3 Å². The van der Waals surface area contributed by atoms with E-state index in [9.17, 15) is 9.59 Å². The highest BCUT2D eigenvalue weighted by molar-refractivity contribution is 5.94. The Morgan fingerprint density at radius 1 is 1.37 bits per heavy atom. The van der Waals surface area contributed by atoms with Gasteiger partial charge in [-0.2, -0.15) is 0 Å². The second-order valence-electron chi connectivity index (χ2n) is 4.75. The van der Waals surface area contributed by atoms with Gasteiger partial charge in [0.25, 0.3) is 0 Å². The van der Waals surface area contributed by atoms with Crippen molar-refractivity contribution >= 4 is 17.7 Å². The minimum Gasteiger partial charge on any atom is -0.481 e. The fourth-order valence-electron chi connectivity index (χ4n) is 2.24. The number of benzene rings is 1. The van der Waals surface area contributed by atoms with Crippen molar-refractivity contribution in [3.05, 3.63) is 29.8 Å². The Hall–Kier alpha value is -2.04. The minimum atomic E-state index is -0.831. The topological polar surface area (TPSA) is 60.9 Å². The number of urea groups is 1. The van der Waals surface area contributed by atoms with Crippen molar-refractivity contribution in [3.63, 3.8) is 0 Å². The van der Waals surface area contributed by atoms with Crippen LogP contribution in [0.4, 0.5) is 10.5 Å². The highest BCUT2D eigenvalue weighted by Gasteiger charge is 2.37. The van der Waals surface area contributed by atoms with Gasteiger partial charge in [-0.25, -0.2) is 4.79 Å². The zero-order valence-corrected chi connectivity index (χ0v) is 11.2. The van der Waals surface area contributed by atoms with E-state index in [1.54, 1.807) is 9.80 Å². The lowest BCUT2D eigenvalue weighted by molar-refractivity contribution is -0.146. The van der Waals surface area contributed by atoms with Crippen LogP contribution in [0, 0.1) is 12.8 Å². The Bertz CT molecular complexity index is 495. The average molecular weight is 262 g/mol. The van der Waals surface area contributed by atoms with Gasteiger partial charge in [0.2, 0.25) is 0 Å². The number of carbonyl (C=O) groups excluding carboxylic acids is 1. The summed E-state index contributed by atoms with van der Waals surface area (Å²) in [6.45, 7) is 5.05. The number of hydrogen-bond acceptors (Lipinski definition) is 2. The Labute approximate surface area is 112 Å². The summed E-state index contributed by atoms with van der Waals surface area (Å²) in [5.41, 5.74) is 1.92. The quantitative estimate of drug-likeness (QED) is 0.905. The molecule has 2 rings (SSSR count). The van der Waals surface area contributed by atoms with Crippen molar-refractivity contribution in [1.29, 1.82) is 0 Å². The van der Waals surface area contributed by atoms with E-state index in [2.05, 4.69) is 0 Å². The number of rotatable bonds is 3. The molecule has 5 heteroatoms. The molecule has 1 aromatic rings. The van der Waals surface area contributed by atoms with Crippen LogP contribution >= 0.6 is 0 Å². The van der Waals surface area contributed by atoms with Crippen LogP contribution < -0.4 is 4.90 Å². The Morgan fingerprint density at radius 3 is 2.53 bits per heavy atom. The largest absolute Gasteiger partial charge is 0.481 e. The van der Waals surface area contributed by atoms with E-state index < -0.39 is 11.9 Å². The number of aryl methyl sites for hydroxylation is 1.